The highest BCUT2D eigenvalue weighted by Crippen LogP contribution is 2.30. The average molecular weight is 699 g/mol. The van der Waals surface area contributed by atoms with Crippen LogP contribution in [0, 0.1) is 0 Å². The van der Waals surface area contributed by atoms with Gasteiger partial charge in [-0.05, 0) is 67.9 Å². The molecule has 246 valence electrons. The maximum absolute atomic E-state index is 13.2. The van der Waals surface area contributed by atoms with Gasteiger partial charge in [-0.25, -0.2) is 36.7 Å². The summed E-state index contributed by atoms with van der Waals surface area (Å²) in [6, 6.07) is 13.1. The Morgan fingerprint density at radius 3 is 2.30 bits per heavy atom. The zero-order valence-corrected chi connectivity index (χ0v) is 26.6. The lowest BCUT2D eigenvalue weighted by Crippen LogP contribution is -2.33. The number of rotatable bonds is 12. The number of primary sulfonamides is 1. The number of nitrogens with one attached hydrogen (secondary N) is 3. The van der Waals surface area contributed by atoms with Gasteiger partial charge in [-0.1, -0.05) is 29.8 Å². The summed E-state index contributed by atoms with van der Waals surface area (Å²) in [5.74, 6) is -0.219. The lowest BCUT2D eigenvalue weighted by molar-refractivity contribution is -0.115. The first-order valence-electron chi connectivity index (χ1n) is 14.0. The van der Waals surface area contributed by atoms with Crippen molar-refractivity contribution in [3.63, 3.8) is 0 Å². The number of fused-ring (bicyclic) bond motifs is 1. The lowest BCUT2D eigenvalue weighted by Gasteiger charge is -2.16. The molecule has 2 aromatic carbocycles. The van der Waals surface area contributed by atoms with E-state index in [0.717, 1.165) is 25.9 Å². The highest BCUT2D eigenvalue weighted by Gasteiger charge is 2.28. The van der Waals surface area contributed by atoms with Crippen molar-refractivity contribution in [2.45, 2.75) is 35.4 Å². The normalized spacial score (nSPS) is 14.5. The third kappa shape index (κ3) is 8.59. The highest BCUT2D eigenvalue weighted by molar-refractivity contribution is 7.89. The smallest absolute Gasteiger partial charge is 0.359 e. The van der Waals surface area contributed by atoms with E-state index in [9.17, 15) is 30.0 Å². The molecule has 18 heteroatoms. The Kier molecular flexibility index (Phi) is 10.00. The molecule has 2 aromatic heterocycles. The Morgan fingerprint density at radius 1 is 0.913 bits per heavy atom. The Bertz CT molecular complexity index is 1940. The minimum Gasteiger partial charge on any atom is -0.359 e. The molecule has 0 bridgehead atoms. The van der Waals surface area contributed by atoms with Crippen molar-refractivity contribution in [1.82, 2.24) is 24.6 Å². The van der Waals surface area contributed by atoms with Crippen LogP contribution in [-0.4, -0.2) is 75.6 Å². The van der Waals surface area contributed by atoms with Crippen LogP contribution in [0.1, 0.15) is 18.4 Å². The molecule has 3 heterocycles. The zero-order valence-electron chi connectivity index (χ0n) is 24.2. The van der Waals surface area contributed by atoms with Gasteiger partial charge in [0, 0.05) is 25.2 Å². The highest BCUT2D eigenvalue weighted by atomic mass is 35.5. The molecular formula is C28H30ClF3N8O4S2. The van der Waals surface area contributed by atoms with E-state index in [-0.39, 0.29) is 56.4 Å². The minimum absolute atomic E-state index is 0.00378. The molecule has 4 aromatic rings. The van der Waals surface area contributed by atoms with Crippen LogP contribution >= 0.6 is 11.6 Å². The Balaban J connectivity index is 1.41. The van der Waals surface area contributed by atoms with E-state index in [1.807, 2.05) is 0 Å². The van der Waals surface area contributed by atoms with Crippen molar-refractivity contribution in [3.05, 3.63) is 65.2 Å². The maximum atomic E-state index is 13.2. The van der Waals surface area contributed by atoms with Gasteiger partial charge in [0.05, 0.1) is 21.1 Å². The van der Waals surface area contributed by atoms with Crippen LogP contribution in [0.3, 0.4) is 0 Å². The number of aromatic nitrogens is 3. The molecule has 1 fully saturated rings. The molecule has 0 aliphatic carbocycles. The second-order valence-corrected chi connectivity index (χ2v) is 14.3. The van der Waals surface area contributed by atoms with Gasteiger partial charge in [0.2, 0.25) is 26.0 Å². The lowest BCUT2D eigenvalue weighted by atomic mass is 10.1. The van der Waals surface area contributed by atoms with Crippen molar-refractivity contribution in [1.29, 1.82) is 0 Å². The quantitative estimate of drug-likeness (QED) is 0.170. The number of hydrogen-bond acceptors (Lipinski definition) is 10. The second kappa shape index (κ2) is 13.6. The summed E-state index contributed by atoms with van der Waals surface area (Å²) in [5, 5.41) is 10.3. The van der Waals surface area contributed by atoms with Gasteiger partial charge < -0.3 is 15.5 Å². The topological polar surface area (TPSA) is 172 Å². The number of alkyl halides is 3. The van der Waals surface area contributed by atoms with E-state index in [1.165, 1.54) is 42.5 Å². The number of halogens is 4. The molecule has 0 saturated carbocycles. The standard InChI is InChI=1S/C28H30ClF3N8O4S2/c29-21-8-5-19(15-24(21)46(43,44)36-11-14-40-12-1-2-13-40)22-9-10-23-25(37-22)26(35-17-28(30,31)32)39-27(38-23)34-16-18-3-6-20(7-4-18)45(33,41)42/h3-10,15,36H,1-2,11-14,16-17H2,(H2,33,41,42)(H2,34,35,38,39). The van der Waals surface area contributed by atoms with Crippen LogP contribution in [0.4, 0.5) is 24.9 Å². The third-order valence-corrected chi connectivity index (χ3v) is 10.0. The van der Waals surface area contributed by atoms with Crippen molar-refractivity contribution < 1.29 is 30.0 Å². The monoisotopic (exact) mass is 698 g/mol. The number of pyridine rings is 1. The Morgan fingerprint density at radius 2 is 1.63 bits per heavy atom. The fraction of sp³-hybridized carbons (Fsp3) is 0.321. The second-order valence-electron chi connectivity index (χ2n) is 10.6. The van der Waals surface area contributed by atoms with Crippen molar-refractivity contribution in [2.75, 3.05) is 43.4 Å². The van der Waals surface area contributed by atoms with Gasteiger partial charge in [-0.3, -0.25) is 0 Å². The van der Waals surface area contributed by atoms with Gasteiger partial charge in [-0.2, -0.15) is 18.2 Å². The van der Waals surface area contributed by atoms with Crippen molar-refractivity contribution in [2.24, 2.45) is 5.14 Å². The fourth-order valence-corrected chi connectivity index (χ4v) is 6.89. The van der Waals surface area contributed by atoms with E-state index in [1.54, 1.807) is 12.1 Å². The molecule has 0 spiro atoms. The van der Waals surface area contributed by atoms with Crippen LogP contribution in [0.5, 0.6) is 0 Å². The summed E-state index contributed by atoms with van der Waals surface area (Å²) in [6.45, 7) is 1.34. The first kappa shape index (κ1) is 33.7. The van der Waals surface area contributed by atoms with Crippen molar-refractivity contribution >= 4 is 54.4 Å². The van der Waals surface area contributed by atoms with E-state index >= 15 is 0 Å². The molecule has 12 nitrogen and oxygen atoms in total. The van der Waals surface area contributed by atoms with E-state index in [0.29, 0.717) is 17.7 Å². The molecule has 0 unspecified atom stereocenters. The maximum Gasteiger partial charge on any atom is 0.405 e. The number of likely N-dealkylation sites (tertiary alicyclic amines) is 1. The number of anilines is 2. The number of hydrogen-bond donors (Lipinski definition) is 4. The molecule has 1 aliphatic rings. The zero-order chi connectivity index (χ0) is 33.1. The summed E-state index contributed by atoms with van der Waals surface area (Å²) in [7, 11) is -7.85. The fourth-order valence-electron chi connectivity index (χ4n) is 4.83. The van der Waals surface area contributed by atoms with Crippen LogP contribution < -0.4 is 20.5 Å². The van der Waals surface area contributed by atoms with Gasteiger partial charge in [0.15, 0.2) is 5.82 Å². The Hall–Kier alpha value is -3.61. The number of benzene rings is 2. The predicted octanol–water partition coefficient (Wildman–Crippen LogP) is 3.95. The molecule has 46 heavy (non-hydrogen) atoms. The average Bonchev–Trinajstić information content (AvgIpc) is 3.51. The SMILES string of the molecule is NS(=O)(=O)c1ccc(CNc2nc(NCC(F)(F)F)c3nc(-c4ccc(Cl)c(S(=O)(=O)NCCN5CCCC5)c4)ccc3n2)cc1. The molecule has 1 saturated heterocycles. The van der Waals surface area contributed by atoms with Gasteiger partial charge in [0.1, 0.15) is 17.0 Å². The third-order valence-electron chi connectivity index (χ3n) is 7.14. The molecular weight excluding hydrogens is 669 g/mol. The van der Waals surface area contributed by atoms with Crippen LogP contribution in [-0.2, 0) is 26.6 Å². The number of sulfonamides is 2. The summed E-state index contributed by atoms with van der Waals surface area (Å²) in [4.78, 5) is 15.0. The number of nitrogens with two attached hydrogens (primary N) is 1. The van der Waals surface area contributed by atoms with E-state index in [4.69, 9.17) is 16.7 Å². The van der Waals surface area contributed by atoms with E-state index in [2.05, 4.69) is 35.2 Å². The van der Waals surface area contributed by atoms with Crippen molar-refractivity contribution in [3.8, 4) is 11.3 Å². The summed E-state index contributed by atoms with van der Waals surface area (Å²) >= 11 is 6.27. The van der Waals surface area contributed by atoms with Crippen LogP contribution in [0.15, 0.2) is 64.4 Å². The summed E-state index contributed by atoms with van der Waals surface area (Å²) in [5.41, 5.74) is 1.48. The largest absolute Gasteiger partial charge is 0.405 e. The summed E-state index contributed by atoms with van der Waals surface area (Å²) in [6.07, 6.45) is -2.40. The van der Waals surface area contributed by atoms with Gasteiger partial charge in [0.25, 0.3) is 0 Å². The summed E-state index contributed by atoms with van der Waals surface area (Å²) < 4.78 is 91.3. The van der Waals surface area contributed by atoms with Crippen LogP contribution in [0.25, 0.3) is 22.3 Å². The van der Waals surface area contributed by atoms with E-state index < -0.39 is 32.8 Å². The molecule has 5 rings (SSSR count). The predicted molar refractivity (Wildman–Crippen MR) is 168 cm³/mol. The Labute approximate surface area is 268 Å². The molecule has 0 atom stereocenters. The molecule has 5 N–H and O–H groups in total. The number of nitrogens with zero attached hydrogens (tertiary/aromatic N) is 4. The van der Waals surface area contributed by atoms with Gasteiger partial charge in [-0.15, -0.1) is 0 Å². The first-order valence-corrected chi connectivity index (χ1v) is 17.5. The molecule has 1 aliphatic heterocycles. The van der Waals surface area contributed by atoms with Crippen LogP contribution in [0.2, 0.25) is 5.02 Å². The minimum atomic E-state index is -4.56. The van der Waals surface area contributed by atoms with Gasteiger partial charge >= 0.3 is 6.18 Å². The molecule has 0 radical (unpaired) electrons. The first-order chi connectivity index (χ1) is 21.7. The molecule has 0 amide bonds.